The van der Waals surface area contributed by atoms with Crippen LogP contribution in [0.15, 0.2) is 0 Å². The van der Waals surface area contributed by atoms with Gasteiger partial charge in [-0.15, -0.1) is 0 Å². The lowest BCUT2D eigenvalue weighted by Crippen LogP contribution is -2.52. The second-order valence-electron chi connectivity index (χ2n) is 7.19. The molecule has 3 N–H and O–H groups in total. The van der Waals surface area contributed by atoms with Gasteiger partial charge in [0.1, 0.15) is 0 Å². The zero-order valence-electron chi connectivity index (χ0n) is 15.1. The predicted octanol–water partition coefficient (Wildman–Crippen LogP) is 2.00. The molecule has 1 aliphatic heterocycles. The second-order valence-corrected chi connectivity index (χ2v) is 7.19. The third kappa shape index (κ3) is 6.67. The van der Waals surface area contributed by atoms with Crippen LogP contribution in [0.25, 0.3) is 0 Å². The minimum Gasteiger partial charge on any atom is -0.338 e. The minimum absolute atomic E-state index is 0.0346. The summed E-state index contributed by atoms with van der Waals surface area (Å²) < 4.78 is 0. The van der Waals surface area contributed by atoms with E-state index in [9.17, 15) is 9.59 Å². The van der Waals surface area contributed by atoms with E-state index in [0.717, 1.165) is 51.7 Å². The van der Waals surface area contributed by atoms with E-state index in [0.29, 0.717) is 25.0 Å². The normalized spacial score (nSPS) is 22.2. The first-order valence-electron chi connectivity index (χ1n) is 9.71. The fraction of sp³-hybridized carbons (Fsp3) is 0.889. The van der Waals surface area contributed by atoms with Crippen molar-refractivity contribution in [2.24, 2.45) is 0 Å². The SMILES string of the molecule is CC1CNCCN1C(=O)CCCCCNC(=O)NC1CCCCC1. The van der Waals surface area contributed by atoms with Gasteiger partial charge in [-0.2, -0.15) is 0 Å². The third-order valence-corrected chi connectivity index (χ3v) is 5.12. The molecule has 2 aliphatic rings. The highest BCUT2D eigenvalue weighted by molar-refractivity contribution is 5.76. The van der Waals surface area contributed by atoms with E-state index in [1.54, 1.807) is 0 Å². The van der Waals surface area contributed by atoms with Gasteiger partial charge in [-0.1, -0.05) is 25.7 Å². The van der Waals surface area contributed by atoms with Crippen LogP contribution in [0, 0.1) is 0 Å². The Kier molecular flexibility index (Phi) is 8.36. The number of rotatable bonds is 7. The van der Waals surface area contributed by atoms with E-state index in [2.05, 4.69) is 22.9 Å². The molecule has 24 heavy (non-hydrogen) atoms. The maximum absolute atomic E-state index is 12.2. The summed E-state index contributed by atoms with van der Waals surface area (Å²) in [4.78, 5) is 26.0. The van der Waals surface area contributed by atoms with Crippen molar-refractivity contribution in [2.75, 3.05) is 26.2 Å². The Labute approximate surface area is 146 Å². The van der Waals surface area contributed by atoms with Crippen LogP contribution in [0.5, 0.6) is 0 Å². The molecular weight excluding hydrogens is 304 g/mol. The first-order valence-corrected chi connectivity index (χ1v) is 9.71. The summed E-state index contributed by atoms with van der Waals surface area (Å²) in [7, 11) is 0. The molecule has 1 heterocycles. The minimum atomic E-state index is -0.0346. The zero-order chi connectivity index (χ0) is 17.2. The molecule has 0 aromatic rings. The zero-order valence-corrected chi connectivity index (χ0v) is 15.1. The molecule has 1 unspecified atom stereocenters. The molecule has 6 nitrogen and oxygen atoms in total. The highest BCUT2D eigenvalue weighted by atomic mass is 16.2. The Morgan fingerprint density at radius 1 is 1.12 bits per heavy atom. The van der Waals surface area contributed by atoms with Gasteiger partial charge in [-0.3, -0.25) is 4.79 Å². The number of unbranched alkanes of at least 4 members (excludes halogenated alkanes) is 2. The fourth-order valence-corrected chi connectivity index (χ4v) is 3.62. The van der Waals surface area contributed by atoms with Crippen LogP contribution < -0.4 is 16.0 Å². The molecule has 0 radical (unpaired) electrons. The van der Waals surface area contributed by atoms with Crippen molar-refractivity contribution in [2.45, 2.75) is 76.8 Å². The van der Waals surface area contributed by atoms with Gasteiger partial charge >= 0.3 is 6.03 Å². The first kappa shape index (κ1) is 19.0. The van der Waals surface area contributed by atoms with E-state index in [1.807, 2.05) is 4.90 Å². The molecule has 1 saturated carbocycles. The van der Waals surface area contributed by atoms with Gasteiger partial charge in [-0.05, 0) is 32.6 Å². The molecule has 1 saturated heterocycles. The molecular formula is C18H34N4O2. The molecule has 1 aliphatic carbocycles. The van der Waals surface area contributed by atoms with Crippen molar-refractivity contribution in [1.29, 1.82) is 0 Å². The molecule has 0 bridgehead atoms. The van der Waals surface area contributed by atoms with Crippen molar-refractivity contribution in [3.63, 3.8) is 0 Å². The number of hydrogen-bond acceptors (Lipinski definition) is 3. The van der Waals surface area contributed by atoms with E-state index < -0.39 is 0 Å². The third-order valence-electron chi connectivity index (χ3n) is 5.12. The van der Waals surface area contributed by atoms with Crippen LogP contribution >= 0.6 is 0 Å². The van der Waals surface area contributed by atoms with Crippen molar-refractivity contribution in [1.82, 2.24) is 20.9 Å². The Bertz CT molecular complexity index is 396. The highest BCUT2D eigenvalue weighted by Gasteiger charge is 2.22. The van der Waals surface area contributed by atoms with Crippen molar-refractivity contribution in [3.05, 3.63) is 0 Å². The van der Waals surface area contributed by atoms with Crippen molar-refractivity contribution >= 4 is 11.9 Å². The summed E-state index contributed by atoms with van der Waals surface area (Å²) in [5.41, 5.74) is 0. The number of carbonyl (C=O) groups is 2. The lowest BCUT2D eigenvalue weighted by atomic mass is 9.96. The van der Waals surface area contributed by atoms with Gasteiger partial charge < -0.3 is 20.9 Å². The average Bonchev–Trinajstić information content (AvgIpc) is 2.59. The molecule has 3 amide bonds. The largest absolute Gasteiger partial charge is 0.338 e. The van der Waals surface area contributed by atoms with Crippen LogP contribution in [0.1, 0.15) is 64.7 Å². The first-order chi connectivity index (χ1) is 11.7. The van der Waals surface area contributed by atoms with Crippen LogP contribution in [-0.4, -0.2) is 55.1 Å². The van der Waals surface area contributed by atoms with Crippen molar-refractivity contribution < 1.29 is 9.59 Å². The number of urea groups is 1. The smallest absolute Gasteiger partial charge is 0.315 e. The molecule has 1 atom stereocenters. The molecule has 0 aromatic heterocycles. The fourth-order valence-electron chi connectivity index (χ4n) is 3.62. The molecule has 2 fully saturated rings. The number of hydrogen-bond donors (Lipinski definition) is 3. The topological polar surface area (TPSA) is 73.5 Å². The molecule has 2 rings (SSSR count). The standard InChI is InChI=1S/C18H34N4O2/c1-15-14-19-12-13-22(15)17(23)10-6-3-7-11-20-18(24)21-16-8-4-2-5-9-16/h15-16,19H,2-14H2,1H3,(H2,20,21,24). The number of carbonyl (C=O) groups excluding carboxylic acids is 2. The maximum Gasteiger partial charge on any atom is 0.315 e. The summed E-state index contributed by atoms with van der Waals surface area (Å²) in [5, 5.41) is 9.30. The predicted molar refractivity (Wildman–Crippen MR) is 95.9 cm³/mol. The number of nitrogens with zero attached hydrogens (tertiary/aromatic N) is 1. The Morgan fingerprint density at radius 3 is 2.67 bits per heavy atom. The molecule has 138 valence electrons. The van der Waals surface area contributed by atoms with Crippen LogP contribution in [0.4, 0.5) is 4.79 Å². The monoisotopic (exact) mass is 338 g/mol. The molecule has 0 spiro atoms. The maximum atomic E-state index is 12.2. The van der Waals surface area contributed by atoms with Gasteiger partial charge in [0.2, 0.25) is 5.91 Å². The summed E-state index contributed by atoms with van der Waals surface area (Å²) in [6.45, 7) is 5.40. The Hall–Kier alpha value is -1.30. The second kappa shape index (κ2) is 10.5. The van der Waals surface area contributed by atoms with E-state index in [-0.39, 0.29) is 11.9 Å². The Balaban J connectivity index is 1.47. The van der Waals surface area contributed by atoms with Gasteiger partial charge in [0.05, 0.1) is 0 Å². The number of nitrogens with one attached hydrogen (secondary N) is 3. The van der Waals surface area contributed by atoms with E-state index in [4.69, 9.17) is 0 Å². The van der Waals surface area contributed by atoms with E-state index in [1.165, 1.54) is 19.3 Å². The average molecular weight is 338 g/mol. The van der Waals surface area contributed by atoms with Crippen LogP contribution in [0.3, 0.4) is 0 Å². The van der Waals surface area contributed by atoms with Gasteiger partial charge in [0, 0.05) is 44.7 Å². The summed E-state index contributed by atoms with van der Waals surface area (Å²) >= 11 is 0. The number of piperazine rings is 1. The van der Waals surface area contributed by atoms with Crippen LogP contribution in [0.2, 0.25) is 0 Å². The van der Waals surface area contributed by atoms with Gasteiger partial charge in [-0.25, -0.2) is 4.79 Å². The van der Waals surface area contributed by atoms with Crippen LogP contribution in [-0.2, 0) is 4.79 Å². The lowest BCUT2D eigenvalue weighted by molar-refractivity contribution is -0.134. The quantitative estimate of drug-likeness (QED) is 0.622. The summed E-state index contributed by atoms with van der Waals surface area (Å²) in [5.74, 6) is 0.270. The lowest BCUT2D eigenvalue weighted by Gasteiger charge is -2.34. The highest BCUT2D eigenvalue weighted by Crippen LogP contribution is 2.17. The summed E-state index contributed by atoms with van der Waals surface area (Å²) in [6.07, 6.45) is 9.42. The van der Waals surface area contributed by atoms with E-state index >= 15 is 0 Å². The molecule has 0 aromatic carbocycles. The Morgan fingerprint density at radius 2 is 1.92 bits per heavy atom. The summed E-state index contributed by atoms with van der Waals surface area (Å²) in [6, 6.07) is 0.626. The van der Waals surface area contributed by atoms with Crippen molar-refractivity contribution in [3.8, 4) is 0 Å². The molecule has 6 heteroatoms. The number of amides is 3. The van der Waals surface area contributed by atoms with Gasteiger partial charge in [0.15, 0.2) is 0 Å². The van der Waals surface area contributed by atoms with Gasteiger partial charge in [0.25, 0.3) is 0 Å².